The van der Waals surface area contributed by atoms with Crippen LogP contribution in [-0.2, 0) is 11.2 Å². The van der Waals surface area contributed by atoms with E-state index in [1.54, 1.807) is 6.07 Å². The number of ether oxygens (including phenoxy) is 1. The molecule has 0 amide bonds. The highest BCUT2D eigenvalue weighted by atomic mass is 79.9. The van der Waals surface area contributed by atoms with E-state index in [1.165, 1.54) is 20.1 Å². The minimum absolute atomic E-state index is 0.0328. The summed E-state index contributed by atoms with van der Waals surface area (Å²) < 4.78 is 18.8. The third-order valence-corrected chi connectivity index (χ3v) is 2.53. The smallest absolute Gasteiger partial charge is 0.165 e. The van der Waals surface area contributed by atoms with Crippen LogP contribution in [0.3, 0.4) is 0 Å². The van der Waals surface area contributed by atoms with Crippen LogP contribution in [0.25, 0.3) is 0 Å². The summed E-state index contributed by atoms with van der Waals surface area (Å²) in [6.07, 6.45) is 0.168. The van der Waals surface area contributed by atoms with Crippen molar-refractivity contribution in [2.24, 2.45) is 0 Å². The molecule has 4 heteroatoms. The number of carbonyl (C=O) groups excluding carboxylic acids is 1. The molecule has 1 rings (SSSR count). The average molecular weight is 261 g/mol. The Balaban J connectivity index is 3.22. The summed E-state index contributed by atoms with van der Waals surface area (Å²) in [6, 6.07) is 2.86. The van der Waals surface area contributed by atoms with Gasteiger partial charge in [0, 0.05) is 16.5 Å². The Bertz CT molecular complexity index is 363. The lowest BCUT2D eigenvalue weighted by Crippen LogP contribution is -2.02. The van der Waals surface area contributed by atoms with Gasteiger partial charge in [-0.05, 0) is 19.1 Å². The summed E-state index contributed by atoms with van der Waals surface area (Å²) in [5.41, 5.74) is 0.556. The van der Waals surface area contributed by atoms with Gasteiger partial charge in [0.25, 0.3) is 0 Å². The lowest BCUT2D eigenvalue weighted by molar-refractivity contribution is -0.116. The molecule has 0 saturated heterocycles. The molecular formula is C10H10BrFO2. The molecule has 0 aromatic heterocycles. The molecular weight excluding hydrogens is 251 g/mol. The Morgan fingerprint density at radius 3 is 2.71 bits per heavy atom. The minimum Gasteiger partial charge on any atom is -0.493 e. The zero-order valence-electron chi connectivity index (χ0n) is 7.93. The summed E-state index contributed by atoms with van der Waals surface area (Å²) >= 11 is 3.25. The molecule has 0 bridgehead atoms. The molecule has 0 radical (unpaired) electrons. The van der Waals surface area contributed by atoms with Crippen LogP contribution in [-0.4, -0.2) is 12.9 Å². The van der Waals surface area contributed by atoms with Gasteiger partial charge in [-0.2, -0.15) is 0 Å². The van der Waals surface area contributed by atoms with Crippen LogP contribution in [0.4, 0.5) is 4.39 Å². The number of rotatable bonds is 3. The van der Waals surface area contributed by atoms with E-state index in [-0.39, 0.29) is 18.0 Å². The van der Waals surface area contributed by atoms with Gasteiger partial charge in [0.1, 0.15) is 5.78 Å². The lowest BCUT2D eigenvalue weighted by atomic mass is 10.1. The van der Waals surface area contributed by atoms with E-state index in [1.807, 2.05) is 0 Å². The average Bonchev–Trinajstić information content (AvgIpc) is 2.11. The molecule has 14 heavy (non-hydrogen) atoms. The quantitative estimate of drug-likeness (QED) is 0.836. The number of methoxy groups -OCH3 is 1. The predicted octanol–water partition coefficient (Wildman–Crippen LogP) is 2.73. The van der Waals surface area contributed by atoms with Gasteiger partial charge in [-0.15, -0.1) is 0 Å². The number of carbonyl (C=O) groups is 1. The molecule has 0 atom stereocenters. The largest absolute Gasteiger partial charge is 0.493 e. The van der Waals surface area contributed by atoms with Crippen LogP contribution in [0.2, 0.25) is 0 Å². The van der Waals surface area contributed by atoms with Gasteiger partial charge < -0.3 is 4.74 Å². The molecule has 1 aromatic rings. The van der Waals surface area contributed by atoms with E-state index in [4.69, 9.17) is 4.74 Å². The second kappa shape index (κ2) is 4.55. The van der Waals surface area contributed by atoms with Gasteiger partial charge in [-0.1, -0.05) is 15.9 Å². The zero-order chi connectivity index (χ0) is 10.7. The normalized spacial score (nSPS) is 10.0. The Kier molecular flexibility index (Phi) is 3.63. The molecule has 0 fully saturated rings. The second-order valence-corrected chi connectivity index (χ2v) is 3.77. The molecule has 0 spiro atoms. The van der Waals surface area contributed by atoms with E-state index < -0.39 is 5.82 Å². The maximum absolute atomic E-state index is 13.2. The first-order chi connectivity index (χ1) is 6.56. The summed E-state index contributed by atoms with van der Waals surface area (Å²) in [4.78, 5) is 10.9. The van der Waals surface area contributed by atoms with Gasteiger partial charge in [0.15, 0.2) is 11.6 Å². The Labute approximate surface area is 90.2 Å². The second-order valence-electron chi connectivity index (χ2n) is 2.92. The third kappa shape index (κ3) is 2.32. The fourth-order valence-corrected chi connectivity index (χ4v) is 1.66. The third-order valence-electron chi connectivity index (χ3n) is 1.79. The van der Waals surface area contributed by atoms with Crippen molar-refractivity contribution >= 4 is 21.7 Å². The number of Topliss-reactive ketones (excluding diaryl/α,β-unsaturated/α-hetero) is 1. The Morgan fingerprint density at radius 1 is 1.57 bits per heavy atom. The summed E-state index contributed by atoms with van der Waals surface area (Å²) in [5.74, 6) is -0.351. The monoisotopic (exact) mass is 260 g/mol. The van der Waals surface area contributed by atoms with E-state index in [0.29, 0.717) is 10.0 Å². The molecule has 0 N–H and O–H groups in total. The molecule has 0 unspecified atom stereocenters. The molecule has 2 nitrogen and oxygen atoms in total. The number of hydrogen-bond acceptors (Lipinski definition) is 2. The summed E-state index contributed by atoms with van der Waals surface area (Å²) in [6.45, 7) is 1.46. The summed E-state index contributed by atoms with van der Waals surface area (Å²) in [7, 11) is 1.38. The molecule has 1 aromatic carbocycles. The highest BCUT2D eigenvalue weighted by Crippen LogP contribution is 2.30. The highest BCUT2D eigenvalue weighted by Gasteiger charge is 2.14. The topological polar surface area (TPSA) is 26.3 Å². The number of hydrogen-bond donors (Lipinski definition) is 0. The minimum atomic E-state index is -0.452. The zero-order valence-corrected chi connectivity index (χ0v) is 9.52. The van der Waals surface area contributed by atoms with Crippen LogP contribution in [0.1, 0.15) is 12.5 Å². The Hall–Kier alpha value is -0.900. The number of ketones is 1. The molecule has 0 aliphatic heterocycles. The van der Waals surface area contributed by atoms with Crippen molar-refractivity contribution in [1.82, 2.24) is 0 Å². The molecule has 0 heterocycles. The standard InChI is InChI=1S/C10H10BrFO2/c1-6(13)5-7-8(11)3-4-9(12)10(7)14-2/h3-4H,5H2,1-2H3. The van der Waals surface area contributed by atoms with Crippen molar-refractivity contribution in [2.45, 2.75) is 13.3 Å². The van der Waals surface area contributed by atoms with Crippen molar-refractivity contribution in [2.75, 3.05) is 7.11 Å². The lowest BCUT2D eigenvalue weighted by Gasteiger charge is -2.09. The van der Waals surface area contributed by atoms with Crippen LogP contribution in [0.5, 0.6) is 5.75 Å². The maximum atomic E-state index is 13.2. The highest BCUT2D eigenvalue weighted by molar-refractivity contribution is 9.10. The SMILES string of the molecule is COc1c(F)ccc(Br)c1CC(C)=O. The predicted molar refractivity (Wildman–Crippen MR) is 55.0 cm³/mol. The molecule has 0 aliphatic rings. The van der Waals surface area contributed by atoms with Gasteiger partial charge in [-0.25, -0.2) is 4.39 Å². The van der Waals surface area contributed by atoms with E-state index >= 15 is 0 Å². The van der Waals surface area contributed by atoms with Crippen molar-refractivity contribution < 1.29 is 13.9 Å². The van der Waals surface area contributed by atoms with Gasteiger partial charge in [0.2, 0.25) is 0 Å². The van der Waals surface area contributed by atoms with Gasteiger partial charge in [0.05, 0.1) is 7.11 Å². The van der Waals surface area contributed by atoms with Crippen LogP contribution in [0.15, 0.2) is 16.6 Å². The number of halogens is 2. The maximum Gasteiger partial charge on any atom is 0.165 e. The van der Waals surface area contributed by atoms with Crippen molar-refractivity contribution in [3.63, 3.8) is 0 Å². The van der Waals surface area contributed by atoms with Crippen LogP contribution in [0, 0.1) is 5.82 Å². The first-order valence-corrected chi connectivity index (χ1v) is 4.86. The van der Waals surface area contributed by atoms with Crippen LogP contribution >= 0.6 is 15.9 Å². The van der Waals surface area contributed by atoms with Crippen molar-refractivity contribution in [3.05, 3.63) is 28.0 Å². The van der Waals surface area contributed by atoms with Gasteiger partial charge >= 0.3 is 0 Å². The molecule has 76 valence electrons. The molecule has 0 aliphatic carbocycles. The summed E-state index contributed by atoms with van der Waals surface area (Å²) in [5, 5.41) is 0. The van der Waals surface area contributed by atoms with Crippen molar-refractivity contribution in [3.8, 4) is 5.75 Å². The first-order valence-electron chi connectivity index (χ1n) is 4.06. The number of benzene rings is 1. The first kappa shape index (κ1) is 11.2. The van der Waals surface area contributed by atoms with E-state index in [9.17, 15) is 9.18 Å². The van der Waals surface area contributed by atoms with E-state index in [0.717, 1.165) is 0 Å². The fraction of sp³-hybridized carbons (Fsp3) is 0.300. The van der Waals surface area contributed by atoms with Crippen LogP contribution < -0.4 is 4.74 Å². The molecule has 0 saturated carbocycles. The Morgan fingerprint density at radius 2 is 2.21 bits per heavy atom. The van der Waals surface area contributed by atoms with E-state index in [2.05, 4.69) is 15.9 Å². The van der Waals surface area contributed by atoms with Gasteiger partial charge in [-0.3, -0.25) is 4.79 Å². The van der Waals surface area contributed by atoms with Crippen molar-refractivity contribution in [1.29, 1.82) is 0 Å². The fourth-order valence-electron chi connectivity index (χ4n) is 1.21.